The summed E-state index contributed by atoms with van der Waals surface area (Å²) in [5.41, 5.74) is 2.50. The van der Waals surface area contributed by atoms with Crippen LogP contribution in [0.4, 0.5) is 0 Å². The van der Waals surface area contributed by atoms with Crippen molar-refractivity contribution < 1.29 is 4.74 Å². The number of hydrogen-bond acceptors (Lipinski definition) is 3. The van der Waals surface area contributed by atoms with Crippen LogP contribution in [-0.2, 0) is 24.8 Å². The first kappa shape index (κ1) is 12.6. The Morgan fingerprint density at radius 3 is 3.00 bits per heavy atom. The molecular weight excluding hydrogens is 214 g/mol. The van der Waals surface area contributed by atoms with Crippen molar-refractivity contribution in [3.63, 3.8) is 0 Å². The summed E-state index contributed by atoms with van der Waals surface area (Å²) >= 11 is 0. The molecule has 4 nitrogen and oxygen atoms in total. The summed E-state index contributed by atoms with van der Waals surface area (Å²) in [6, 6.07) is 0. The maximum atomic E-state index is 5.78. The topological polar surface area (TPSA) is 39.1 Å². The minimum absolute atomic E-state index is 0.395. The van der Waals surface area contributed by atoms with Gasteiger partial charge in [-0.15, -0.1) is 0 Å². The van der Waals surface area contributed by atoms with E-state index in [0.717, 1.165) is 19.5 Å². The second-order valence-electron chi connectivity index (χ2n) is 4.91. The third-order valence-corrected chi connectivity index (χ3v) is 3.33. The molecule has 2 atom stereocenters. The Morgan fingerprint density at radius 2 is 2.35 bits per heavy atom. The summed E-state index contributed by atoms with van der Waals surface area (Å²) in [6.07, 6.45) is 6.30. The molecule has 1 aromatic heterocycles. The molecule has 4 heteroatoms. The van der Waals surface area contributed by atoms with E-state index in [0.29, 0.717) is 12.2 Å². The minimum Gasteiger partial charge on any atom is -0.374 e. The van der Waals surface area contributed by atoms with Gasteiger partial charge in [-0.2, -0.15) is 5.10 Å². The molecule has 1 aromatic rings. The standard InChI is InChI=1S/C13H23N3O/c1-4-13-11(9-16(3)15-13)7-14-8-12-6-5-10(2)17-12/h9-10,12,14H,4-8H2,1-3H3. The van der Waals surface area contributed by atoms with Gasteiger partial charge >= 0.3 is 0 Å². The van der Waals surface area contributed by atoms with Crippen LogP contribution in [0.2, 0.25) is 0 Å². The van der Waals surface area contributed by atoms with E-state index < -0.39 is 0 Å². The summed E-state index contributed by atoms with van der Waals surface area (Å²) in [7, 11) is 1.98. The molecule has 1 fully saturated rings. The monoisotopic (exact) mass is 237 g/mol. The van der Waals surface area contributed by atoms with Gasteiger partial charge in [0.05, 0.1) is 17.9 Å². The Morgan fingerprint density at radius 1 is 1.53 bits per heavy atom. The quantitative estimate of drug-likeness (QED) is 0.846. The number of ether oxygens (including phenoxy) is 1. The molecule has 1 N–H and O–H groups in total. The summed E-state index contributed by atoms with van der Waals surface area (Å²) in [5.74, 6) is 0. The normalized spacial score (nSPS) is 24.4. The second-order valence-corrected chi connectivity index (χ2v) is 4.91. The van der Waals surface area contributed by atoms with Crippen LogP contribution < -0.4 is 5.32 Å². The van der Waals surface area contributed by atoms with Crippen molar-refractivity contribution >= 4 is 0 Å². The molecule has 2 heterocycles. The zero-order chi connectivity index (χ0) is 12.3. The van der Waals surface area contributed by atoms with Gasteiger partial charge in [-0.1, -0.05) is 6.92 Å². The third-order valence-electron chi connectivity index (χ3n) is 3.33. The number of rotatable bonds is 5. The van der Waals surface area contributed by atoms with E-state index in [1.54, 1.807) is 0 Å². The zero-order valence-electron chi connectivity index (χ0n) is 11.1. The summed E-state index contributed by atoms with van der Waals surface area (Å²) in [6.45, 7) is 6.14. The lowest BCUT2D eigenvalue weighted by molar-refractivity contribution is 0.0559. The van der Waals surface area contributed by atoms with Crippen LogP contribution in [0.3, 0.4) is 0 Å². The van der Waals surface area contributed by atoms with Crippen molar-refractivity contribution in [2.45, 2.75) is 51.9 Å². The molecular formula is C13H23N3O. The fraction of sp³-hybridized carbons (Fsp3) is 0.769. The number of nitrogens with one attached hydrogen (secondary N) is 1. The van der Waals surface area contributed by atoms with Crippen molar-refractivity contribution in [1.29, 1.82) is 0 Å². The molecule has 1 aliphatic rings. The molecule has 0 saturated carbocycles. The third kappa shape index (κ3) is 3.30. The summed E-state index contributed by atoms with van der Waals surface area (Å²) in [4.78, 5) is 0. The van der Waals surface area contributed by atoms with Crippen LogP contribution in [-0.4, -0.2) is 28.5 Å². The van der Waals surface area contributed by atoms with Crippen molar-refractivity contribution in [3.8, 4) is 0 Å². The molecule has 0 aromatic carbocycles. The highest BCUT2D eigenvalue weighted by molar-refractivity contribution is 5.16. The van der Waals surface area contributed by atoms with E-state index in [9.17, 15) is 0 Å². The molecule has 96 valence electrons. The van der Waals surface area contributed by atoms with Gasteiger partial charge in [-0.25, -0.2) is 0 Å². The predicted octanol–water partition coefficient (Wildman–Crippen LogP) is 1.64. The maximum Gasteiger partial charge on any atom is 0.0704 e. The summed E-state index contributed by atoms with van der Waals surface area (Å²) < 4.78 is 7.67. The number of aromatic nitrogens is 2. The Balaban J connectivity index is 1.77. The van der Waals surface area contributed by atoms with E-state index in [2.05, 4.69) is 30.5 Å². The molecule has 2 rings (SSSR count). The van der Waals surface area contributed by atoms with Gasteiger partial charge in [0.15, 0.2) is 0 Å². The van der Waals surface area contributed by atoms with E-state index in [1.165, 1.54) is 24.1 Å². The molecule has 0 amide bonds. The molecule has 0 spiro atoms. The Labute approximate surface area is 103 Å². The Bertz CT molecular complexity index is 362. The van der Waals surface area contributed by atoms with Crippen molar-refractivity contribution in [1.82, 2.24) is 15.1 Å². The first-order chi connectivity index (χ1) is 8.19. The predicted molar refractivity (Wildman–Crippen MR) is 67.9 cm³/mol. The minimum atomic E-state index is 0.395. The first-order valence-electron chi connectivity index (χ1n) is 6.56. The highest BCUT2D eigenvalue weighted by Crippen LogP contribution is 2.18. The average molecular weight is 237 g/mol. The first-order valence-corrected chi connectivity index (χ1v) is 6.56. The van der Waals surface area contributed by atoms with Gasteiger partial charge in [0.1, 0.15) is 0 Å². The molecule has 0 radical (unpaired) electrons. The average Bonchev–Trinajstić information content (AvgIpc) is 2.85. The fourth-order valence-electron chi connectivity index (χ4n) is 2.43. The van der Waals surface area contributed by atoms with Crippen LogP contribution in [0.15, 0.2) is 6.20 Å². The van der Waals surface area contributed by atoms with Crippen LogP contribution >= 0.6 is 0 Å². The second kappa shape index (κ2) is 5.65. The van der Waals surface area contributed by atoms with Crippen LogP contribution in [0, 0.1) is 0 Å². The SMILES string of the molecule is CCc1nn(C)cc1CNCC1CCC(C)O1. The van der Waals surface area contributed by atoms with Crippen LogP contribution in [0.1, 0.15) is 37.9 Å². The van der Waals surface area contributed by atoms with Crippen molar-refractivity contribution in [2.75, 3.05) is 6.54 Å². The largest absolute Gasteiger partial charge is 0.374 e. The molecule has 1 saturated heterocycles. The van der Waals surface area contributed by atoms with Gasteiger partial charge in [-0.05, 0) is 26.2 Å². The van der Waals surface area contributed by atoms with Gasteiger partial charge in [-0.3, -0.25) is 4.68 Å². The highest BCUT2D eigenvalue weighted by Gasteiger charge is 2.21. The Hall–Kier alpha value is -0.870. The lowest BCUT2D eigenvalue weighted by Crippen LogP contribution is -2.26. The Kier molecular flexibility index (Phi) is 4.18. The molecule has 0 aliphatic carbocycles. The van der Waals surface area contributed by atoms with Crippen molar-refractivity contribution in [2.24, 2.45) is 7.05 Å². The number of nitrogens with zero attached hydrogens (tertiary/aromatic N) is 2. The van der Waals surface area contributed by atoms with E-state index in [1.807, 2.05) is 11.7 Å². The molecule has 2 unspecified atom stereocenters. The lowest BCUT2D eigenvalue weighted by atomic mass is 10.2. The highest BCUT2D eigenvalue weighted by atomic mass is 16.5. The van der Waals surface area contributed by atoms with E-state index in [4.69, 9.17) is 4.74 Å². The van der Waals surface area contributed by atoms with E-state index in [-0.39, 0.29) is 0 Å². The van der Waals surface area contributed by atoms with Gasteiger partial charge in [0, 0.05) is 31.9 Å². The van der Waals surface area contributed by atoms with E-state index >= 15 is 0 Å². The van der Waals surface area contributed by atoms with Gasteiger partial charge < -0.3 is 10.1 Å². The number of hydrogen-bond donors (Lipinski definition) is 1. The van der Waals surface area contributed by atoms with Crippen molar-refractivity contribution in [3.05, 3.63) is 17.5 Å². The number of aryl methyl sites for hydroxylation is 2. The van der Waals surface area contributed by atoms with Gasteiger partial charge in [0.25, 0.3) is 0 Å². The molecule has 0 bridgehead atoms. The molecule has 1 aliphatic heterocycles. The van der Waals surface area contributed by atoms with Crippen LogP contribution in [0.5, 0.6) is 0 Å². The van der Waals surface area contributed by atoms with Crippen LogP contribution in [0.25, 0.3) is 0 Å². The zero-order valence-corrected chi connectivity index (χ0v) is 11.1. The smallest absolute Gasteiger partial charge is 0.0704 e. The van der Waals surface area contributed by atoms with Gasteiger partial charge in [0.2, 0.25) is 0 Å². The summed E-state index contributed by atoms with van der Waals surface area (Å²) in [5, 5.41) is 7.91. The maximum absolute atomic E-state index is 5.78. The molecule has 17 heavy (non-hydrogen) atoms. The lowest BCUT2D eigenvalue weighted by Gasteiger charge is -2.11. The fourth-order valence-corrected chi connectivity index (χ4v) is 2.43.